The van der Waals surface area contributed by atoms with Crippen LogP contribution in [0.15, 0.2) is 12.4 Å². The number of carbonyl (C=O) groups is 1. The molecule has 0 aromatic carbocycles. The molecule has 2 atom stereocenters. The van der Waals surface area contributed by atoms with E-state index in [1.54, 1.807) is 4.68 Å². The molecule has 2 heterocycles. The smallest absolute Gasteiger partial charge is 0.220 e. The van der Waals surface area contributed by atoms with E-state index in [1.165, 1.54) is 6.42 Å². The van der Waals surface area contributed by atoms with Gasteiger partial charge >= 0.3 is 0 Å². The van der Waals surface area contributed by atoms with Gasteiger partial charge in [0.25, 0.3) is 0 Å². The van der Waals surface area contributed by atoms with Gasteiger partial charge in [0.15, 0.2) is 0 Å². The molecule has 1 aliphatic rings. The summed E-state index contributed by atoms with van der Waals surface area (Å²) in [6, 6.07) is 0.000373. The molecular weight excluding hydrogens is 300 g/mol. The Morgan fingerprint density at radius 3 is 2.77 bits per heavy atom. The number of rotatable bonds is 5. The zero-order valence-corrected chi connectivity index (χ0v) is 14.9. The average molecular weight is 329 g/mol. The molecule has 5 nitrogen and oxygen atoms in total. The second-order valence-electron chi connectivity index (χ2n) is 7.21. The number of aromatic nitrogens is 2. The first kappa shape index (κ1) is 19.0. The topological polar surface area (TPSA) is 59.0 Å². The Hall–Kier alpha value is -1.07. The van der Waals surface area contributed by atoms with Crippen LogP contribution in [0.4, 0.5) is 0 Å². The molecule has 1 aliphatic heterocycles. The largest absolute Gasteiger partial charge is 0.349 e. The Kier molecular flexibility index (Phi) is 6.88. The number of hydrogen-bond acceptors (Lipinski definition) is 3. The third kappa shape index (κ3) is 5.29. The van der Waals surface area contributed by atoms with Crippen molar-refractivity contribution in [3.8, 4) is 0 Å². The van der Waals surface area contributed by atoms with Crippen molar-refractivity contribution in [3.63, 3.8) is 0 Å². The summed E-state index contributed by atoms with van der Waals surface area (Å²) in [5, 5.41) is 10.8. The van der Waals surface area contributed by atoms with E-state index in [1.807, 2.05) is 19.4 Å². The summed E-state index contributed by atoms with van der Waals surface area (Å²) < 4.78 is 1.78. The number of carbonyl (C=O) groups excluding carboxylic acids is 1. The fourth-order valence-corrected chi connectivity index (χ4v) is 2.92. The molecule has 0 bridgehead atoms. The lowest BCUT2D eigenvalue weighted by Crippen LogP contribution is -2.36. The fraction of sp³-hybridized carbons (Fsp3) is 0.750. The standard InChI is InChI=1S/C16H28N4O.ClH/c1-16(2,3)15(13-10-18-20(4)11-13)19-14(21)6-5-12-7-8-17-9-12;/h10-12,15,17H,5-9H2,1-4H3,(H,19,21);1H. The van der Waals surface area contributed by atoms with Gasteiger partial charge in [0.2, 0.25) is 5.91 Å². The summed E-state index contributed by atoms with van der Waals surface area (Å²) in [6.07, 6.45) is 6.61. The minimum absolute atomic E-state index is 0. The third-order valence-corrected chi connectivity index (χ3v) is 4.17. The molecule has 1 fully saturated rings. The number of aryl methyl sites for hydroxylation is 1. The van der Waals surface area contributed by atoms with Crippen LogP contribution < -0.4 is 10.6 Å². The maximum absolute atomic E-state index is 12.3. The first-order valence-corrected chi connectivity index (χ1v) is 7.85. The van der Waals surface area contributed by atoms with Crippen molar-refractivity contribution in [1.82, 2.24) is 20.4 Å². The summed E-state index contributed by atoms with van der Waals surface area (Å²) in [5.41, 5.74) is 1.04. The summed E-state index contributed by atoms with van der Waals surface area (Å²) in [7, 11) is 1.90. The Morgan fingerprint density at radius 1 is 1.55 bits per heavy atom. The highest BCUT2D eigenvalue weighted by Gasteiger charge is 2.29. The molecule has 1 aromatic rings. The van der Waals surface area contributed by atoms with E-state index in [0.717, 1.165) is 25.1 Å². The highest BCUT2D eigenvalue weighted by atomic mass is 35.5. The van der Waals surface area contributed by atoms with Crippen LogP contribution in [0.3, 0.4) is 0 Å². The van der Waals surface area contributed by atoms with E-state index in [0.29, 0.717) is 12.3 Å². The van der Waals surface area contributed by atoms with Crippen LogP contribution in [0.1, 0.15) is 51.6 Å². The van der Waals surface area contributed by atoms with E-state index in [2.05, 4.69) is 36.5 Å². The summed E-state index contributed by atoms with van der Waals surface area (Å²) in [5.74, 6) is 0.799. The number of hydrogen-bond donors (Lipinski definition) is 2. The maximum atomic E-state index is 12.3. The van der Waals surface area contributed by atoms with E-state index >= 15 is 0 Å². The Bertz CT molecular complexity index is 475. The molecule has 0 spiro atoms. The zero-order chi connectivity index (χ0) is 15.5. The quantitative estimate of drug-likeness (QED) is 0.872. The van der Waals surface area contributed by atoms with Crippen LogP contribution in [0.25, 0.3) is 0 Å². The van der Waals surface area contributed by atoms with Gasteiger partial charge in [0, 0.05) is 25.2 Å². The van der Waals surface area contributed by atoms with Gasteiger partial charge in [-0.05, 0) is 37.3 Å². The molecule has 2 unspecified atom stereocenters. The van der Waals surface area contributed by atoms with Gasteiger partial charge in [-0.3, -0.25) is 9.48 Å². The SMILES string of the molecule is Cl.Cn1cc(C(NC(=O)CCC2CCNC2)C(C)(C)C)cn1. The predicted molar refractivity (Wildman–Crippen MR) is 91.0 cm³/mol. The molecule has 0 radical (unpaired) electrons. The van der Waals surface area contributed by atoms with Crippen LogP contribution in [0.5, 0.6) is 0 Å². The predicted octanol–water partition coefficient (Wildman–Crippen LogP) is 2.44. The van der Waals surface area contributed by atoms with Gasteiger partial charge in [0.05, 0.1) is 12.2 Å². The minimum Gasteiger partial charge on any atom is -0.349 e. The van der Waals surface area contributed by atoms with Crippen molar-refractivity contribution in [2.45, 2.75) is 46.1 Å². The van der Waals surface area contributed by atoms with Gasteiger partial charge in [-0.2, -0.15) is 5.10 Å². The highest BCUT2D eigenvalue weighted by molar-refractivity contribution is 5.85. The second kappa shape index (κ2) is 7.97. The Balaban J connectivity index is 0.00000242. The van der Waals surface area contributed by atoms with Gasteiger partial charge in [-0.15, -0.1) is 12.4 Å². The van der Waals surface area contributed by atoms with E-state index in [9.17, 15) is 4.79 Å². The summed E-state index contributed by atoms with van der Waals surface area (Å²) >= 11 is 0. The van der Waals surface area contributed by atoms with Crippen molar-refractivity contribution in [3.05, 3.63) is 18.0 Å². The Labute approximate surface area is 139 Å². The number of amides is 1. The Morgan fingerprint density at radius 2 is 2.27 bits per heavy atom. The van der Waals surface area contributed by atoms with E-state index in [4.69, 9.17) is 0 Å². The molecule has 6 heteroatoms. The van der Waals surface area contributed by atoms with Crippen LogP contribution in [-0.4, -0.2) is 28.8 Å². The first-order valence-electron chi connectivity index (χ1n) is 7.85. The number of nitrogens with zero attached hydrogens (tertiary/aromatic N) is 2. The molecule has 1 saturated heterocycles. The highest BCUT2D eigenvalue weighted by Crippen LogP contribution is 2.32. The molecule has 0 aliphatic carbocycles. The second-order valence-corrected chi connectivity index (χ2v) is 7.21. The molecule has 1 amide bonds. The molecule has 126 valence electrons. The van der Waals surface area contributed by atoms with Crippen LogP contribution in [0.2, 0.25) is 0 Å². The molecule has 0 saturated carbocycles. The average Bonchev–Trinajstić information content (AvgIpc) is 3.03. The van der Waals surface area contributed by atoms with Crippen molar-refractivity contribution in [2.24, 2.45) is 18.4 Å². The normalized spacial score (nSPS) is 19.5. The zero-order valence-electron chi connectivity index (χ0n) is 14.1. The van der Waals surface area contributed by atoms with E-state index in [-0.39, 0.29) is 29.8 Å². The van der Waals surface area contributed by atoms with Gasteiger partial charge in [-0.1, -0.05) is 20.8 Å². The minimum atomic E-state index is -0.0341. The lowest BCUT2D eigenvalue weighted by molar-refractivity contribution is -0.122. The van der Waals surface area contributed by atoms with E-state index < -0.39 is 0 Å². The van der Waals surface area contributed by atoms with Crippen LogP contribution >= 0.6 is 12.4 Å². The molecule has 2 rings (SSSR count). The molecular formula is C16H29ClN4O. The van der Waals surface area contributed by atoms with Gasteiger partial charge in [0.1, 0.15) is 0 Å². The molecule has 1 aromatic heterocycles. The van der Waals surface area contributed by atoms with Gasteiger partial charge < -0.3 is 10.6 Å². The van der Waals surface area contributed by atoms with Crippen LogP contribution in [0, 0.1) is 11.3 Å². The molecule has 22 heavy (non-hydrogen) atoms. The first-order chi connectivity index (χ1) is 9.86. The van der Waals surface area contributed by atoms with Gasteiger partial charge in [-0.25, -0.2) is 0 Å². The van der Waals surface area contributed by atoms with Crippen molar-refractivity contribution >= 4 is 18.3 Å². The fourth-order valence-electron chi connectivity index (χ4n) is 2.92. The summed E-state index contributed by atoms with van der Waals surface area (Å²) in [6.45, 7) is 8.58. The van der Waals surface area contributed by atoms with Crippen molar-refractivity contribution in [2.75, 3.05) is 13.1 Å². The lowest BCUT2D eigenvalue weighted by atomic mass is 9.83. The number of halogens is 1. The summed E-state index contributed by atoms with van der Waals surface area (Å²) in [4.78, 5) is 12.3. The van der Waals surface area contributed by atoms with Crippen molar-refractivity contribution < 1.29 is 4.79 Å². The lowest BCUT2D eigenvalue weighted by Gasteiger charge is -2.31. The van der Waals surface area contributed by atoms with Crippen LogP contribution in [-0.2, 0) is 11.8 Å². The third-order valence-electron chi connectivity index (χ3n) is 4.17. The monoisotopic (exact) mass is 328 g/mol. The maximum Gasteiger partial charge on any atom is 0.220 e. The van der Waals surface area contributed by atoms with Crippen molar-refractivity contribution in [1.29, 1.82) is 0 Å². The molecule has 2 N–H and O–H groups in total. The number of nitrogens with one attached hydrogen (secondary N) is 2.